The summed E-state index contributed by atoms with van der Waals surface area (Å²) in [5.74, 6) is 0.402. The Morgan fingerprint density at radius 2 is 1.43 bits per heavy atom. The van der Waals surface area contributed by atoms with Crippen LogP contribution in [0.5, 0.6) is 0 Å². The molecule has 2 heterocycles. The largest absolute Gasteiger partial charge is 0.416 e. The Kier molecular flexibility index (Phi) is 6.47. The number of hydrogen-bond acceptors (Lipinski definition) is 7. The number of carbonyl (C=O) groups is 1. The first-order chi connectivity index (χ1) is 17.7. The number of aliphatic imine (C=N–C) groups is 2. The van der Waals surface area contributed by atoms with Crippen LogP contribution in [0.1, 0.15) is 48.0 Å². The van der Waals surface area contributed by atoms with Crippen molar-refractivity contribution in [1.82, 2.24) is 4.90 Å². The van der Waals surface area contributed by atoms with Gasteiger partial charge in [-0.1, -0.05) is 6.42 Å². The first kappa shape index (κ1) is 24.9. The van der Waals surface area contributed by atoms with E-state index in [4.69, 9.17) is 11.5 Å². The maximum absolute atomic E-state index is 13.2. The number of nitrogens with two attached hydrogens (primary N) is 2. The highest BCUT2D eigenvalue weighted by atomic mass is 19.4. The zero-order valence-electron chi connectivity index (χ0n) is 20.4. The highest BCUT2D eigenvalue weighted by Gasteiger charge is 2.42. The van der Waals surface area contributed by atoms with Crippen molar-refractivity contribution < 1.29 is 18.0 Å². The molecule has 0 unspecified atom stereocenters. The molecule has 0 aromatic heterocycles. The Morgan fingerprint density at radius 3 is 2.03 bits per heavy atom. The standard InChI is InChI=1S/C26H30F3N7O/c27-26(28,29)19-6-10-20(11-7-19)34-14-16-35(17-15-34)22(37)18-4-8-21(9-5-18)36-24(31)32-23(30)33-25(36)12-2-1-3-13-25/h4-11H,1-3,12-17H2,(H4,30,31,32,33). The molecule has 37 heavy (non-hydrogen) atoms. The predicted molar refractivity (Wildman–Crippen MR) is 138 cm³/mol. The minimum Gasteiger partial charge on any atom is -0.369 e. The van der Waals surface area contributed by atoms with E-state index in [-0.39, 0.29) is 11.9 Å². The normalized spacial score (nSPS) is 20.0. The quantitative estimate of drug-likeness (QED) is 0.650. The minimum atomic E-state index is -4.36. The molecule has 0 atom stereocenters. The van der Waals surface area contributed by atoms with Gasteiger partial charge >= 0.3 is 6.18 Å². The summed E-state index contributed by atoms with van der Waals surface area (Å²) < 4.78 is 38.5. The Bertz CT molecular complexity index is 1190. The number of halogens is 3. The molecule has 2 aromatic carbocycles. The van der Waals surface area contributed by atoms with Crippen LogP contribution >= 0.6 is 0 Å². The van der Waals surface area contributed by atoms with E-state index < -0.39 is 17.4 Å². The van der Waals surface area contributed by atoms with Crippen LogP contribution < -0.4 is 21.3 Å². The van der Waals surface area contributed by atoms with Crippen LogP contribution in [0, 0.1) is 0 Å². The smallest absolute Gasteiger partial charge is 0.369 e. The number of guanidine groups is 2. The lowest BCUT2D eigenvalue weighted by Gasteiger charge is -2.45. The van der Waals surface area contributed by atoms with E-state index in [1.807, 2.05) is 21.9 Å². The van der Waals surface area contributed by atoms with Gasteiger partial charge in [0.05, 0.1) is 5.56 Å². The molecule has 2 fully saturated rings. The van der Waals surface area contributed by atoms with Gasteiger partial charge in [0, 0.05) is 43.1 Å². The number of piperazine rings is 1. The lowest BCUT2D eigenvalue weighted by atomic mass is 9.87. The third-order valence-electron chi connectivity index (χ3n) is 7.35. The zero-order chi connectivity index (χ0) is 26.2. The van der Waals surface area contributed by atoms with Gasteiger partial charge in [0.2, 0.25) is 11.9 Å². The maximum Gasteiger partial charge on any atom is 0.416 e. The summed E-state index contributed by atoms with van der Waals surface area (Å²) in [6, 6.07) is 12.4. The van der Waals surface area contributed by atoms with E-state index in [2.05, 4.69) is 9.98 Å². The molecule has 5 rings (SSSR count). The fourth-order valence-electron chi connectivity index (χ4n) is 5.46. The molecule has 11 heteroatoms. The van der Waals surface area contributed by atoms with Gasteiger partial charge in [-0.25, -0.2) is 4.99 Å². The van der Waals surface area contributed by atoms with E-state index in [1.54, 1.807) is 17.0 Å². The van der Waals surface area contributed by atoms with Gasteiger partial charge in [0.15, 0.2) is 0 Å². The van der Waals surface area contributed by atoms with Crippen molar-refractivity contribution in [3.05, 3.63) is 59.7 Å². The molecule has 1 saturated heterocycles. The fraction of sp³-hybridized carbons (Fsp3) is 0.423. The van der Waals surface area contributed by atoms with E-state index in [1.165, 1.54) is 12.1 Å². The fourth-order valence-corrected chi connectivity index (χ4v) is 5.46. The third kappa shape index (κ3) is 4.94. The second-order valence-corrected chi connectivity index (χ2v) is 9.69. The molecule has 1 aliphatic carbocycles. The highest BCUT2D eigenvalue weighted by molar-refractivity contribution is 6.06. The summed E-state index contributed by atoms with van der Waals surface area (Å²) in [7, 11) is 0. The van der Waals surface area contributed by atoms with Crippen LogP contribution in [-0.4, -0.2) is 54.6 Å². The molecule has 1 saturated carbocycles. The summed E-state index contributed by atoms with van der Waals surface area (Å²) in [5, 5.41) is 0. The van der Waals surface area contributed by atoms with E-state index in [9.17, 15) is 18.0 Å². The van der Waals surface area contributed by atoms with E-state index in [0.29, 0.717) is 43.4 Å². The van der Waals surface area contributed by atoms with Gasteiger partial charge in [-0.2, -0.15) is 18.2 Å². The average molecular weight is 514 g/mol. The van der Waals surface area contributed by atoms with Crippen molar-refractivity contribution in [1.29, 1.82) is 0 Å². The van der Waals surface area contributed by atoms with Crippen molar-refractivity contribution >= 4 is 29.2 Å². The van der Waals surface area contributed by atoms with Gasteiger partial charge in [0.25, 0.3) is 5.91 Å². The summed E-state index contributed by atoms with van der Waals surface area (Å²) in [5.41, 5.74) is 13.1. The number of hydrogen-bond donors (Lipinski definition) is 2. The van der Waals surface area contributed by atoms with E-state index in [0.717, 1.165) is 49.9 Å². The van der Waals surface area contributed by atoms with Crippen LogP contribution in [0.2, 0.25) is 0 Å². The van der Waals surface area contributed by atoms with Crippen LogP contribution in [0.15, 0.2) is 58.5 Å². The van der Waals surface area contributed by atoms with Crippen molar-refractivity contribution in [3.8, 4) is 0 Å². The third-order valence-corrected chi connectivity index (χ3v) is 7.35. The Labute approximate surface area is 213 Å². The molecular weight excluding hydrogens is 483 g/mol. The van der Waals surface area contributed by atoms with Gasteiger partial charge in [-0.15, -0.1) is 0 Å². The number of nitrogens with zero attached hydrogens (tertiary/aromatic N) is 5. The van der Waals surface area contributed by atoms with Crippen molar-refractivity contribution in [2.24, 2.45) is 21.5 Å². The Hall–Kier alpha value is -3.76. The Balaban J connectivity index is 1.25. The lowest BCUT2D eigenvalue weighted by molar-refractivity contribution is -0.137. The average Bonchev–Trinajstić information content (AvgIpc) is 2.88. The lowest BCUT2D eigenvalue weighted by Crippen LogP contribution is -2.58. The number of anilines is 2. The first-order valence-corrected chi connectivity index (χ1v) is 12.5. The maximum atomic E-state index is 13.2. The molecule has 2 aromatic rings. The molecule has 1 spiro atoms. The number of amides is 1. The van der Waals surface area contributed by atoms with Crippen molar-refractivity contribution in [3.63, 3.8) is 0 Å². The molecule has 0 bridgehead atoms. The number of benzene rings is 2. The Morgan fingerprint density at radius 1 is 0.838 bits per heavy atom. The second kappa shape index (κ2) is 9.60. The van der Waals surface area contributed by atoms with Crippen molar-refractivity contribution in [2.75, 3.05) is 36.0 Å². The molecule has 3 aliphatic rings. The molecule has 2 aliphatic heterocycles. The number of alkyl halides is 3. The van der Waals surface area contributed by atoms with Gasteiger partial charge in [-0.05, 0) is 74.2 Å². The van der Waals surface area contributed by atoms with Crippen LogP contribution in [0.4, 0.5) is 24.5 Å². The zero-order valence-corrected chi connectivity index (χ0v) is 20.4. The summed E-state index contributed by atoms with van der Waals surface area (Å²) in [4.78, 5) is 27.7. The van der Waals surface area contributed by atoms with Crippen LogP contribution in [-0.2, 0) is 6.18 Å². The monoisotopic (exact) mass is 513 g/mol. The molecule has 4 N–H and O–H groups in total. The highest BCUT2D eigenvalue weighted by Crippen LogP contribution is 2.39. The topological polar surface area (TPSA) is 104 Å². The van der Waals surface area contributed by atoms with Gasteiger partial charge in [0.1, 0.15) is 5.66 Å². The number of carbonyl (C=O) groups excluding carboxylic acids is 1. The van der Waals surface area contributed by atoms with E-state index >= 15 is 0 Å². The van der Waals surface area contributed by atoms with Gasteiger partial charge < -0.3 is 21.3 Å². The molecule has 196 valence electrons. The van der Waals surface area contributed by atoms with Crippen LogP contribution in [0.25, 0.3) is 0 Å². The number of rotatable bonds is 3. The molecular formula is C26H30F3N7O. The molecule has 8 nitrogen and oxygen atoms in total. The summed E-state index contributed by atoms with van der Waals surface area (Å²) in [6.07, 6.45) is 0.484. The molecule has 1 amide bonds. The molecule has 0 radical (unpaired) electrons. The van der Waals surface area contributed by atoms with Crippen molar-refractivity contribution in [2.45, 2.75) is 43.9 Å². The SMILES string of the molecule is NC1=NC2(CCCCC2)N(c2ccc(C(=O)N3CCN(c4ccc(C(F)(F)F)cc4)CC3)cc2)C(N)=N1. The summed E-state index contributed by atoms with van der Waals surface area (Å²) >= 11 is 0. The van der Waals surface area contributed by atoms with Crippen LogP contribution in [0.3, 0.4) is 0 Å². The second-order valence-electron chi connectivity index (χ2n) is 9.69. The summed E-state index contributed by atoms with van der Waals surface area (Å²) in [6.45, 7) is 2.03. The van der Waals surface area contributed by atoms with Gasteiger partial charge in [-0.3, -0.25) is 9.69 Å². The first-order valence-electron chi connectivity index (χ1n) is 12.5. The minimum absolute atomic E-state index is 0.0893. The predicted octanol–water partition coefficient (Wildman–Crippen LogP) is 3.78.